The molecule has 114 valence electrons. The molecule has 0 fully saturated rings. The molecule has 0 saturated carbocycles. The molecule has 1 aromatic carbocycles. The van der Waals surface area contributed by atoms with Crippen LogP contribution in [0.15, 0.2) is 18.2 Å². The van der Waals surface area contributed by atoms with Crippen LogP contribution in [0, 0.1) is 6.92 Å². The topological polar surface area (TPSA) is 78.4 Å². The molecule has 0 saturated heterocycles. The van der Waals surface area contributed by atoms with E-state index >= 15 is 0 Å². The fourth-order valence-corrected chi connectivity index (χ4v) is 1.88. The lowest BCUT2D eigenvalue weighted by molar-refractivity contribution is -0.123. The van der Waals surface area contributed by atoms with Gasteiger partial charge in [0.05, 0.1) is 10.7 Å². The number of rotatable bonds is 4. The Morgan fingerprint density at radius 1 is 1.38 bits per heavy atom. The predicted octanol–water partition coefficient (Wildman–Crippen LogP) is 3.03. The fraction of sp³-hybridized carbons (Fsp3) is 0.286. The van der Waals surface area contributed by atoms with Crippen LogP contribution in [0.25, 0.3) is 0 Å². The molecule has 1 rings (SSSR count). The summed E-state index contributed by atoms with van der Waals surface area (Å²) in [6.07, 6.45) is 0. The second-order valence-electron chi connectivity index (χ2n) is 4.66. The average molecular weight is 331 g/mol. The van der Waals surface area contributed by atoms with Crippen LogP contribution >= 0.6 is 23.2 Å². The van der Waals surface area contributed by atoms with Gasteiger partial charge in [0.1, 0.15) is 6.04 Å². The highest BCUT2D eigenvalue weighted by atomic mass is 35.5. The zero-order chi connectivity index (χ0) is 16.3. The van der Waals surface area contributed by atoms with Crippen molar-refractivity contribution in [2.45, 2.75) is 26.8 Å². The van der Waals surface area contributed by atoms with E-state index in [0.717, 1.165) is 0 Å². The monoisotopic (exact) mass is 330 g/mol. The van der Waals surface area contributed by atoms with Gasteiger partial charge in [0.25, 0.3) is 0 Å². The summed E-state index contributed by atoms with van der Waals surface area (Å²) < 4.78 is 0. The number of hydrogen-bond acceptors (Lipinski definition) is 3. The van der Waals surface area contributed by atoms with Crippen molar-refractivity contribution >= 4 is 40.7 Å². The summed E-state index contributed by atoms with van der Waals surface area (Å²) in [7, 11) is 0. The van der Waals surface area contributed by atoms with Crippen molar-refractivity contribution in [1.82, 2.24) is 5.32 Å². The Kier molecular flexibility index (Phi) is 5.63. The molecule has 0 aliphatic heterocycles. The summed E-state index contributed by atoms with van der Waals surface area (Å²) in [6, 6.07) is 0.580. The number of phenolic OH excluding ortho intramolecular Hbond substituents is 1. The molecule has 0 aromatic heterocycles. The molecule has 2 amide bonds. The molecule has 5 nitrogen and oxygen atoms in total. The summed E-state index contributed by atoms with van der Waals surface area (Å²) in [6.45, 7) is 8.16. The number of nitrogens with one attached hydrogen (secondary N) is 2. The van der Waals surface area contributed by atoms with Gasteiger partial charge < -0.3 is 15.7 Å². The van der Waals surface area contributed by atoms with Crippen LogP contribution in [0.5, 0.6) is 5.75 Å². The lowest BCUT2D eigenvalue weighted by Crippen LogP contribution is -2.41. The van der Waals surface area contributed by atoms with Crippen molar-refractivity contribution in [1.29, 1.82) is 0 Å². The van der Waals surface area contributed by atoms with Crippen molar-refractivity contribution in [3.8, 4) is 5.75 Å². The van der Waals surface area contributed by atoms with Crippen LogP contribution < -0.4 is 10.6 Å². The standard InChI is InChI=1S/C14H16Cl2N2O3/c1-6(2)13(20)17-8(4)14(21)18-10-5-9(15)7(3)11(16)12(10)19/h5,8,19H,1H2,2-4H3,(H,17,20)(H,18,21). The Bertz CT molecular complexity index is 615. The number of phenols is 1. The van der Waals surface area contributed by atoms with Gasteiger partial charge in [-0.1, -0.05) is 29.8 Å². The number of carbonyl (C=O) groups excluding carboxylic acids is 2. The molecule has 0 radical (unpaired) electrons. The SMILES string of the molecule is C=C(C)C(=O)NC(C)C(=O)Nc1cc(Cl)c(C)c(Cl)c1O. The smallest absolute Gasteiger partial charge is 0.246 e. The number of hydrogen-bond donors (Lipinski definition) is 3. The summed E-state index contributed by atoms with van der Waals surface area (Å²) in [5.41, 5.74) is 0.883. The van der Waals surface area contributed by atoms with E-state index in [2.05, 4.69) is 17.2 Å². The first-order chi connectivity index (χ1) is 9.65. The fourth-order valence-electron chi connectivity index (χ4n) is 1.43. The summed E-state index contributed by atoms with van der Waals surface area (Å²) in [5, 5.41) is 15.2. The van der Waals surface area contributed by atoms with Gasteiger partial charge in [-0.05, 0) is 32.4 Å². The first-order valence-corrected chi connectivity index (χ1v) is 6.85. The van der Waals surface area contributed by atoms with E-state index in [1.165, 1.54) is 19.9 Å². The van der Waals surface area contributed by atoms with Gasteiger partial charge >= 0.3 is 0 Å². The van der Waals surface area contributed by atoms with Crippen LogP contribution in [0.3, 0.4) is 0 Å². The van der Waals surface area contributed by atoms with E-state index in [9.17, 15) is 14.7 Å². The minimum atomic E-state index is -0.813. The summed E-state index contributed by atoms with van der Waals surface area (Å²) >= 11 is 11.9. The van der Waals surface area contributed by atoms with Crippen LogP contribution in [-0.4, -0.2) is 23.0 Å². The number of aromatic hydroxyl groups is 1. The third kappa shape index (κ3) is 4.12. The van der Waals surface area contributed by atoms with Crippen LogP contribution in [0.1, 0.15) is 19.4 Å². The molecule has 1 atom stereocenters. The third-order valence-corrected chi connectivity index (χ3v) is 3.66. The summed E-state index contributed by atoms with van der Waals surface area (Å²) in [4.78, 5) is 23.4. The van der Waals surface area contributed by atoms with Crippen LogP contribution in [-0.2, 0) is 9.59 Å². The Morgan fingerprint density at radius 2 is 1.95 bits per heavy atom. The van der Waals surface area contributed by atoms with Crippen molar-refractivity contribution < 1.29 is 14.7 Å². The molecule has 0 aliphatic rings. The maximum atomic E-state index is 12.0. The highest BCUT2D eigenvalue weighted by Gasteiger charge is 2.19. The van der Waals surface area contributed by atoms with Gasteiger partial charge in [-0.3, -0.25) is 9.59 Å². The molecule has 1 unspecified atom stereocenters. The van der Waals surface area contributed by atoms with Crippen molar-refractivity contribution in [3.05, 3.63) is 33.8 Å². The Balaban J connectivity index is 2.89. The Labute approximate surface area is 132 Å². The van der Waals surface area contributed by atoms with Gasteiger partial charge in [0.2, 0.25) is 11.8 Å². The first-order valence-electron chi connectivity index (χ1n) is 6.10. The number of amides is 2. The Hall–Kier alpha value is -1.72. The van der Waals surface area contributed by atoms with E-state index < -0.39 is 17.9 Å². The predicted molar refractivity (Wildman–Crippen MR) is 83.9 cm³/mol. The van der Waals surface area contributed by atoms with Crippen LogP contribution in [0.4, 0.5) is 5.69 Å². The normalized spacial score (nSPS) is 11.7. The van der Waals surface area contributed by atoms with E-state index in [1.54, 1.807) is 6.92 Å². The van der Waals surface area contributed by atoms with Crippen LogP contribution in [0.2, 0.25) is 10.0 Å². The van der Waals surface area contributed by atoms with Gasteiger partial charge in [-0.15, -0.1) is 0 Å². The Morgan fingerprint density at radius 3 is 2.48 bits per heavy atom. The highest BCUT2D eigenvalue weighted by molar-refractivity contribution is 6.37. The molecular formula is C14H16Cl2N2O3. The van der Waals surface area contributed by atoms with Gasteiger partial charge in [0, 0.05) is 10.6 Å². The van der Waals surface area contributed by atoms with Crippen molar-refractivity contribution in [2.75, 3.05) is 5.32 Å². The molecular weight excluding hydrogens is 315 g/mol. The first kappa shape index (κ1) is 17.3. The van der Waals surface area contributed by atoms with Gasteiger partial charge in [-0.25, -0.2) is 0 Å². The second kappa shape index (κ2) is 6.83. The van der Waals surface area contributed by atoms with E-state index in [-0.39, 0.29) is 16.5 Å². The molecule has 0 aliphatic carbocycles. The van der Waals surface area contributed by atoms with Crippen molar-refractivity contribution in [2.24, 2.45) is 0 Å². The van der Waals surface area contributed by atoms with Gasteiger partial charge in [-0.2, -0.15) is 0 Å². The number of benzene rings is 1. The zero-order valence-electron chi connectivity index (χ0n) is 11.9. The lowest BCUT2D eigenvalue weighted by atomic mass is 10.2. The van der Waals surface area contributed by atoms with Crippen molar-refractivity contribution in [3.63, 3.8) is 0 Å². The minimum absolute atomic E-state index is 0.0661. The highest BCUT2D eigenvalue weighted by Crippen LogP contribution is 2.38. The molecule has 7 heteroatoms. The summed E-state index contributed by atoms with van der Waals surface area (Å²) in [5.74, 6) is -1.22. The number of halogens is 2. The zero-order valence-corrected chi connectivity index (χ0v) is 13.4. The lowest BCUT2D eigenvalue weighted by Gasteiger charge is -2.16. The molecule has 0 heterocycles. The molecule has 21 heavy (non-hydrogen) atoms. The second-order valence-corrected chi connectivity index (χ2v) is 5.44. The average Bonchev–Trinajstić information content (AvgIpc) is 2.41. The number of anilines is 1. The molecule has 3 N–H and O–H groups in total. The molecule has 1 aromatic rings. The maximum absolute atomic E-state index is 12.0. The third-order valence-electron chi connectivity index (χ3n) is 2.81. The van der Waals surface area contributed by atoms with Gasteiger partial charge in [0.15, 0.2) is 5.75 Å². The number of carbonyl (C=O) groups is 2. The largest absolute Gasteiger partial charge is 0.504 e. The quantitative estimate of drug-likeness (QED) is 0.586. The van der Waals surface area contributed by atoms with E-state index in [0.29, 0.717) is 16.2 Å². The van der Waals surface area contributed by atoms with E-state index in [4.69, 9.17) is 23.2 Å². The van der Waals surface area contributed by atoms with E-state index in [1.807, 2.05) is 0 Å². The minimum Gasteiger partial charge on any atom is -0.504 e. The molecule has 0 bridgehead atoms. The maximum Gasteiger partial charge on any atom is 0.246 e. The molecule has 0 spiro atoms.